The summed E-state index contributed by atoms with van der Waals surface area (Å²) < 4.78 is 49.1. The lowest BCUT2D eigenvalue weighted by atomic mass is 10.1. The molecule has 0 spiro atoms. The Morgan fingerprint density at radius 2 is 1.74 bits per heavy atom. The molecule has 1 heterocycles. The summed E-state index contributed by atoms with van der Waals surface area (Å²) in [6.45, 7) is 0.475. The first kappa shape index (κ1) is 19.6. The Morgan fingerprint density at radius 1 is 1.07 bits per heavy atom. The van der Waals surface area contributed by atoms with E-state index in [1.165, 1.54) is 28.9 Å². The van der Waals surface area contributed by atoms with E-state index in [0.29, 0.717) is 21.4 Å². The van der Waals surface area contributed by atoms with Crippen molar-refractivity contribution in [3.05, 3.63) is 76.1 Å². The number of ether oxygens (including phenoxy) is 1. The third-order valence-corrected chi connectivity index (χ3v) is 4.93. The summed E-state index contributed by atoms with van der Waals surface area (Å²) in [7, 11) is 0. The summed E-state index contributed by atoms with van der Waals surface area (Å²) in [6, 6.07) is 14.8. The van der Waals surface area contributed by atoms with E-state index in [-0.39, 0.29) is 6.61 Å². The second-order valence-corrected chi connectivity index (χ2v) is 7.04. The zero-order chi connectivity index (χ0) is 19.4. The van der Waals surface area contributed by atoms with Crippen molar-refractivity contribution in [3.63, 3.8) is 0 Å². The monoisotopic (exact) mass is 438 g/mol. The third-order valence-electron chi connectivity index (χ3n) is 3.98. The molecule has 0 radical (unpaired) electrons. The molecule has 3 nitrogen and oxygen atoms in total. The molecule has 0 amide bonds. The molecular weight excluding hydrogens is 421 g/mol. The highest BCUT2D eigenvalue weighted by atomic mass is 79.9. The fourth-order valence-electron chi connectivity index (χ4n) is 2.71. The predicted octanol–water partition coefficient (Wildman–Crippen LogP) is 5.61. The summed E-state index contributed by atoms with van der Waals surface area (Å²) >= 11 is 3.39. The van der Waals surface area contributed by atoms with Crippen LogP contribution in [0.4, 0.5) is 13.2 Å². The van der Waals surface area contributed by atoms with Gasteiger partial charge in [-0.05, 0) is 52.7 Å². The van der Waals surface area contributed by atoms with Crippen LogP contribution < -0.4 is 0 Å². The predicted molar refractivity (Wildman–Crippen MR) is 101 cm³/mol. The zero-order valence-corrected chi connectivity index (χ0v) is 16.2. The van der Waals surface area contributed by atoms with Gasteiger partial charge in [0.1, 0.15) is 19.0 Å². The number of benzene rings is 2. The number of nitrogens with zero attached hydrogens (tertiary/aromatic N) is 2. The normalized spacial score (nSPS) is 11.7. The maximum atomic E-state index is 14.5. The van der Waals surface area contributed by atoms with Crippen LogP contribution in [0.5, 0.6) is 0 Å². The topological polar surface area (TPSA) is 27.1 Å². The van der Waals surface area contributed by atoms with E-state index in [1.54, 1.807) is 6.92 Å². The second-order valence-electron chi connectivity index (χ2n) is 6.25. The molecule has 0 atom stereocenters. The first-order valence-electron chi connectivity index (χ1n) is 8.34. The van der Waals surface area contributed by atoms with Crippen LogP contribution in [0.1, 0.15) is 11.3 Å². The summed E-state index contributed by atoms with van der Waals surface area (Å²) in [4.78, 5) is 0. The Morgan fingerprint density at radius 3 is 2.41 bits per heavy atom. The van der Waals surface area contributed by atoms with Crippen LogP contribution >= 0.6 is 15.9 Å². The Labute approximate surface area is 163 Å². The molecule has 0 saturated carbocycles. The quantitative estimate of drug-likeness (QED) is 0.479. The molecule has 3 aromatic rings. The maximum Gasteiger partial charge on any atom is 0.290 e. The fraction of sp³-hybridized carbons (Fsp3) is 0.250. The van der Waals surface area contributed by atoms with Gasteiger partial charge in [0.25, 0.3) is 5.92 Å². The highest BCUT2D eigenvalue weighted by molar-refractivity contribution is 9.10. The van der Waals surface area contributed by atoms with E-state index in [9.17, 15) is 13.2 Å². The molecule has 7 heteroatoms. The Hall–Kier alpha value is -2.12. The number of hydrogen-bond donors (Lipinski definition) is 0. The molecule has 0 aliphatic carbocycles. The molecule has 1 aromatic heterocycles. The first-order chi connectivity index (χ1) is 12.9. The number of aromatic nitrogens is 2. The van der Waals surface area contributed by atoms with E-state index in [1.807, 2.05) is 30.3 Å². The van der Waals surface area contributed by atoms with E-state index in [0.717, 1.165) is 5.56 Å². The van der Waals surface area contributed by atoms with Crippen LogP contribution in [0.2, 0.25) is 0 Å². The molecule has 142 valence electrons. The van der Waals surface area contributed by atoms with Crippen molar-refractivity contribution in [1.29, 1.82) is 0 Å². The van der Waals surface area contributed by atoms with Gasteiger partial charge in [-0.1, -0.05) is 30.3 Å². The SMILES string of the molecule is Cc1nn(CC(F)(F)COCc2ccccc2)c(-c2ccc(F)cc2)c1Br. The van der Waals surface area contributed by atoms with Crippen LogP contribution in [0.3, 0.4) is 0 Å². The van der Waals surface area contributed by atoms with Crippen molar-refractivity contribution in [3.8, 4) is 11.3 Å². The van der Waals surface area contributed by atoms with Gasteiger partial charge in [-0.2, -0.15) is 5.10 Å². The van der Waals surface area contributed by atoms with Crippen molar-refractivity contribution in [1.82, 2.24) is 9.78 Å². The van der Waals surface area contributed by atoms with Gasteiger partial charge >= 0.3 is 0 Å². The third kappa shape index (κ3) is 4.99. The van der Waals surface area contributed by atoms with Crippen molar-refractivity contribution in [2.24, 2.45) is 0 Å². The molecule has 0 saturated heterocycles. The molecule has 0 aliphatic rings. The molecule has 27 heavy (non-hydrogen) atoms. The first-order valence-corrected chi connectivity index (χ1v) is 9.13. The lowest BCUT2D eigenvalue weighted by Crippen LogP contribution is -2.30. The van der Waals surface area contributed by atoms with Crippen molar-refractivity contribution >= 4 is 15.9 Å². The molecule has 0 fully saturated rings. The van der Waals surface area contributed by atoms with Gasteiger partial charge in [0.05, 0.1) is 22.5 Å². The van der Waals surface area contributed by atoms with Gasteiger partial charge in [0.15, 0.2) is 0 Å². The van der Waals surface area contributed by atoms with Crippen LogP contribution in [0.25, 0.3) is 11.3 Å². The largest absolute Gasteiger partial charge is 0.370 e. The van der Waals surface area contributed by atoms with Crippen LogP contribution in [0, 0.1) is 12.7 Å². The smallest absolute Gasteiger partial charge is 0.290 e. The summed E-state index contributed by atoms with van der Waals surface area (Å²) in [6.07, 6.45) is 0. The van der Waals surface area contributed by atoms with E-state index < -0.39 is 24.9 Å². The minimum absolute atomic E-state index is 0.114. The van der Waals surface area contributed by atoms with Crippen molar-refractivity contribution < 1.29 is 17.9 Å². The van der Waals surface area contributed by atoms with Crippen LogP contribution in [-0.4, -0.2) is 22.3 Å². The molecule has 0 unspecified atom stereocenters. The van der Waals surface area contributed by atoms with E-state index >= 15 is 0 Å². The average Bonchev–Trinajstić information content (AvgIpc) is 2.90. The number of rotatable bonds is 7. The molecular formula is C20H18BrF3N2O. The van der Waals surface area contributed by atoms with Crippen molar-refractivity contribution in [2.45, 2.75) is 26.0 Å². The number of hydrogen-bond acceptors (Lipinski definition) is 2. The highest BCUT2D eigenvalue weighted by Gasteiger charge is 2.32. The van der Waals surface area contributed by atoms with Crippen LogP contribution in [-0.2, 0) is 17.9 Å². The van der Waals surface area contributed by atoms with E-state index in [2.05, 4.69) is 21.0 Å². The zero-order valence-electron chi connectivity index (χ0n) is 14.6. The minimum Gasteiger partial charge on any atom is -0.370 e. The Bertz CT molecular complexity index is 896. The van der Waals surface area contributed by atoms with E-state index in [4.69, 9.17) is 4.74 Å². The van der Waals surface area contributed by atoms with Crippen molar-refractivity contribution in [2.75, 3.05) is 6.61 Å². The number of halogens is 4. The number of aryl methyl sites for hydroxylation is 1. The van der Waals surface area contributed by atoms with Gasteiger partial charge in [-0.3, -0.25) is 4.68 Å². The summed E-state index contributed by atoms with van der Waals surface area (Å²) in [5.74, 6) is -3.50. The van der Waals surface area contributed by atoms with Gasteiger partial charge in [0.2, 0.25) is 0 Å². The van der Waals surface area contributed by atoms with Crippen LogP contribution in [0.15, 0.2) is 59.1 Å². The summed E-state index contributed by atoms with van der Waals surface area (Å²) in [5, 5.41) is 4.20. The molecule has 0 bridgehead atoms. The second kappa shape index (κ2) is 8.27. The molecule has 0 aliphatic heterocycles. The minimum atomic E-state index is -3.11. The standard InChI is InChI=1S/C20H18BrF3N2O/c1-14-18(21)19(16-7-9-17(22)10-8-16)26(25-14)12-20(23,24)13-27-11-15-5-3-2-4-6-15/h2-10H,11-13H2,1H3. The fourth-order valence-corrected chi connectivity index (χ4v) is 3.23. The van der Waals surface area contributed by atoms with Gasteiger partial charge in [-0.25, -0.2) is 13.2 Å². The molecule has 0 N–H and O–H groups in total. The average molecular weight is 439 g/mol. The summed E-state index contributed by atoms with van der Waals surface area (Å²) in [5.41, 5.74) is 2.49. The molecule has 3 rings (SSSR count). The Balaban J connectivity index is 1.74. The van der Waals surface area contributed by atoms with Gasteiger partial charge < -0.3 is 4.74 Å². The number of alkyl halides is 2. The highest BCUT2D eigenvalue weighted by Crippen LogP contribution is 2.33. The van der Waals surface area contributed by atoms with Gasteiger partial charge in [-0.15, -0.1) is 0 Å². The maximum absolute atomic E-state index is 14.5. The Kier molecular flexibility index (Phi) is 6.01. The van der Waals surface area contributed by atoms with Gasteiger partial charge in [0, 0.05) is 5.56 Å². The lowest BCUT2D eigenvalue weighted by Gasteiger charge is -2.18. The lowest BCUT2D eigenvalue weighted by molar-refractivity contribution is -0.0935. The molecule has 2 aromatic carbocycles.